The van der Waals surface area contributed by atoms with Crippen molar-refractivity contribution in [1.29, 1.82) is 0 Å². The summed E-state index contributed by atoms with van der Waals surface area (Å²) in [5, 5.41) is 2.88. The van der Waals surface area contributed by atoms with Crippen LogP contribution in [0.15, 0.2) is 24.3 Å². The van der Waals surface area contributed by atoms with Gasteiger partial charge in [0.2, 0.25) is 5.91 Å². The third-order valence-corrected chi connectivity index (χ3v) is 3.94. The average molecular weight is 343 g/mol. The van der Waals surface area contributed by atoms with Gasteiger partial charge in [-0.05, 0) is 37.0 Å². The van der Waals surface area contributed by atoms with E-state index in [1.807, 2.05) is 30.5 Å². The van der Waals surface area contributed by atoms with Crippen LogP contribution in [0.2, 0.25) is 0 Å². The monoisotopic (exact) mass is 342 g/mol. The molecule has 1 aromatic heterocycles. The summed E-state index contributed by atoms with van der Waals surface area (Å²) in [6, 6.07) is 7.56. The van der Waals surface area contributed by atoms with E-state index in [0.717, 1.165) is 41.9 Å². The van der Waals surface area contributed by atoms with Gasteiger partial charge in [0.05, 0.1) is 17.1 Å². The zero-order valence-electron chi connectivity index (χ0n) is 12.7. The van der Waals surface area contributed by atoms with Crippen LogP contribution in [0.25, 0.3) is 11.0 Å². The molecular weight excluding hydrogens is 320 g/mol. The number of fused-ring (bicyclic) bond motifs is 1. The molecule has 7 heteroatoms. The molecule has 0 bridgehead atoms. The van der Waals surface area contributed by atoms with Crippen LogP contribution in [-0.2, 0) is 11.2 Å². The van der Waals surface area contributed by atoms with Gasteiger partial charge < -0.3 is 16.0 Å². The van der Waals surface area contributed by atoms with Crippen molar-refractivity contribution >= 4 is 41.1 Å². The van der Waals surface area contributed by atoms with Crippen LogP contribution in [0.1, 0.15) is 18.7 Å². The van der Waals surface area contributed by atoms with Crippen LogP contribution in [-0.4, -0.2) is 40.5 Å². The van der Waals surface area contributed by atoms with E-state index >= 15 is 0 Å². The maximum Gasteiger partial charge on any atom is 0.236 e. The van der Waals surface area contributed by atoms with Gasteiger partial charge in [-0.15, -0.1) is 12.4 Å². The first-order valence-electron chi connectivity index (χ1n) is 7.16. The molecule has 0 spiro atoms. The maximum absolute atomic E-state index is 11.7. The number of hydrogen-bond donors (Lipinski definition) is 3. The SMILES string of the molecule is CSCC[C@H](N)C(=O)NCCCc1nc2ccccc2[nH]1.Cl. The predicted molar refractivity (Wildman–Crippen MR) is 95.6 cm³/mol. The second kappa shape index (κ2) is 9.71. The number of benzene rings is 1. The lowest BCUT2D eigenvalue weighted by atomic mass is 10.2. The Labute approximate surface area is 141 Å². The molecule has 0 fully saturated rings. The molecular formula is C15H23ClN4OS. The number of rotatable bonds is 8. The van der Waals surface area contributed by atoms with E-state index in [9.17, 15) is 4.79 Å². The predicted octanol–water partition coefficient (Wildman–Crippen LogP) is 2.11. The molecule has 1 amide bonds. The molecule has 2 rings (SSSR count). The molecule has 1 aromatic carbocycles. The van der Waals surface area contributed by atoms with Crippen molar-refractivity contribution in [3.63, 3.8) is 0 Å². The number of aromatic amines is 1. The first-order chi connectivity index (χ1) is 10.2. The maximum atomic E-state index is 11.7. The number of imidazole rings is 1. The molecule has 0 unspecified atom stereocenters. The Morgan fingerprint density at radius 1 is 1.45 bits per heavy atom. The minimum atomic E-state index is -0.399. The standard InChI is InChI=1S/C15H22N4OS.ClH/c1-21-10-8-11(16)15(20)17-9-4-7-14-18-12-5-2-3-6-13(12)19-14;/h2-3,5-6,11H,4,7-10,16H2,1H3,(H,17,20)(H,18,19);1H/t11-;/m0./s1. The number of nitrogens with two attached hydrogens (primary N) is 1. The summed E-state index contributed by atoms with van der Waals surface area (Å²) in [4.78, 5) is 19.5. The highest BCUT2D eigenvalue weighted by molar-refractivity contribution is 7.98. The van der Waals surface area contributed by atoms with Gasteiger partial charge in [-0.25, -0.2) is 4.98 Å². The van der Waals surface area contributed by atoms with Crippen LogP contribution in [0, 0.1) is 0 Å². The van der Waals surface area contributed by atoms with E-state index in [-0.39, 0.29) is 18.3 Å². The number of aryl methyl sites for hydroxylation is 1. The molecule has 0 saturated carbocycles. The average Bonchev–Trinajstić information content (AvgIpc) is 2.91. The molecule has 5 nitrogen and oxygen atoms in total. The third kappa shape index (κ3) is 5.51. The Morgan fingerprint density at radius 2 is 2.23 bits per heavy atom. The van der Waals surface area contributed by atoms with Crippen molar-refractivity contribution in [1.82, 2.24) is 15.3 Å². The lowest BCUT2D eigenvalue weighted by Crippen LogP contribution is -2.41. The second-order valence-electron chi connectivity index (χ2n) is 4.98. The number of nitrogens with one attached hydrogen (secondary N) is 2. The van der Waals surface area contributed by atoms with Crippen molar-refractivity contribution in [3.8, 4) is 0 Å². The van der Waals surface area contributed by atoms with Crippen LogP contribution in [0.3, 0.4) is 0 Å². The minimum absolute atomic E-state index is 0. The summed E-state index contributed by atoms with van der Waals surface area (Å²) in [5.74, 6) is 1.80. The topological polar surface area (TPSA) is 83.8 Å². The van der Waals surface area contributed by atoms with E-state index < -0.39 is 6.04 Å². The fourth-order valence-electron chi connectivity index (χ4n) is 2.10. The lowest BCUT2D eigenvalue weighted by Gasteiger charge is -2.11. The minimum Gasteiger partial charge on any atom is -0.355 e. The van der Waals surface area contributed by atoms with Crippen LogP contribution < -0.4 is 11.1 Å². The van der Waals surface area contributed by atoms with E-state index in [1.54, 1.807) is 11.8 Å². The Morgan fingerprint density at radius 3 is 2.95 bits per heavy atom. The van der Waals surface area contributed by atoms with Gasteiger partial charge in [-0.2, -0.15) is 11.8 Å². The quantitative estimate of drug-likeness (QED) is 0.641. The van der Waals surface area contributed by atoms with Crippen molar-refractivity contribution in [2.45, 2.75) is 25.3 Å². The second-order valence-corrected chi connectivity index (χ2v) is 5.97. The Kier molecular flexibility index (Phi) is 8.30. The normalized spacial score (nSPS) is 11.9. The number of carbonyl (C=O) groups excluding carboxylic acids is 1. The van der Waals surface area contributed by atoms with Gasteiger partial charge in [0.25, 0.3) is 0 Å². The third-order valence-electron chi connectivity index (χ3n) is 3.30. The molecule has 0 aliphatic rings. The summed E-state index contributed by atoms with van der Waals surface area (Å²) in [5.41, 5.74) is 7.84. The summed E-state index contributed by atoms with van der Waals surface area (Å²) in [6.45, 7) is 0.628. The van der Waals surface area contributed by atoms with Gasteiger partial charge in [-0.3, -0.25) is 4.79 Å². The molecule has 2 aromatic rings. The number of halogens is 1. The van der Waals surface area contributed by atoms with E-state index in [2.05, 4.69) is 15.3 Å². The molecule has 122 valence electrons. The molecule has 1 heterocycles. The van der Waals surface area contributed by atoms with E-state index in [0.29, 0.717) is 6.54 Å². The summed E-state index contributed by atoms with van der Waals surface area (Å²) in [7, 11) is 0. The molecule has 0 aliphatic carbocycles. The summed E-state index contributed by atoms with van der Waals surface area (Å²) >= 11 is 1.70. The molecule has 22 heavy (non-hydrogen) atoms. The number of para-hydroxylation sites is 2. The Balaban J connectivity index is 0.00000242. The first kappa shape index (κ1) is 18.8. The van der Waals surface area contributed by atoms with Gasteiger partial charge in [0.15, 0.2) is 0 Å². The number of amides is 1. The van der Waals surface area contributed by atoms with Crippen molar-refractivity contribution in [2.24, 2.45) is 5.73 Å². The number of H-pyrrole nitrogens is 1. The van der Waals surface area contributed by atoms with E-state index in [4.69, 9.17) is 5.73 Å². The van der Waals surface area contributed by atoms with Crippen molar-refractivity contribution in [3.05, 3.63) is 30.1 Å². The fourth-order valence-corrected chi connectivity index (χ4v) is 2.59. The van der Waals surface area contributed by atoms with Crippen LogP contribution >= 0.6 is 24.2 Å². The zero-order valence-corrected chi connectivity index (χ0v) is 14.3. The first-order valence-corrected chi connectivity index (χ1v) is 8.56. The van der Waals surface area contributed by atoms with Crippen LogP contribution in [0.5, 0.6) is 0 Å². The summed E-state index contributed by atoms with van der Waals surface area (Å²) < 4.78 is 0. The molecule has 1 atom stereocenters. The number of carbonyl (C=O) groups is 1. The number of hydrogen-bond acceptors (Lipinski definition) is 4. The number of aromatic nitrogens is 2. The molecule has 0 radical (unpaired) electrons. The molecule has 4 N–H and O–H groups in total. The largest absolute Gasteiger partial charge is 0.355 e. The van der Waals surface area contributed by atoms with Gasteiger partial charge in [0, 0.05) is 13.0 Å². The molecule has 0 saturated heterocycles. The highest BCUT2D eigenvalue weighted by atomic mass is 35.5. The van der Waals surface area contributed by atoms with Crippen LogP contribution in [0.4, 0.5) is 0 Å². The van der Waals surface area contributed by atoms with Gasteiger partial charge in [-0.1, -0.05) is 12.1 Å². The van der Waals surface area contributed by atoms with Crippen molar-refractivity contribution in [2.75, 3.05) is 18.6 Å². The Hall–Kier alpha value is -1.24. The zero-order chi connectivity index (χ0) is 15.1. The Bertz CT molecular complexity index is 557. The molecule has 0 aliphatic heterocycles. The smallest absolute Gasteiger partial charge is 0.236 e. The highest BCUT2D eigenvalue weighted by Gasteiger charge is 2.11. The van der Waals surface area contributed by atoms with Gasteiger partial charge in [0.1, 0.15) is 5.82 Å². The lowest BCUT2D eigenvalue weighted by molar-refractivity contribution is -0.122. The fraction of sp³-hybridized carbons (Fsp3) is 0.467. The number of thioether (sulfide) groups is 1. The number of nitrogens with zero attached hydrogens (tertiary/aromatic N) is 1. The van der Waals surface area contributed by atoms with E-state index in [1.165, 1.54) is 0 Å². The highest BCUT2D eigenvalue weighted by Crippen LogP contribution is 2.11. The summed E-state index contributed by atoms with van der Waals surface area (Å²) in [6.07, 6.45) is 4.39. The van der Waals surface area contributed by atoms with Crippen molar-refractivity contribution < 1.29 is 4.79 Å². The van der Waals surface area contributed by atoms with Gasteiger partial charge >= 0.3 is 0 Å².